The lowest BCUT2D eigenvalue weighted by Crippen LogP contribution is -1.94. The molecule has 1 aromatic carbocycles. The number of phenolic OH excluding ortho intramolecular Hbond substituents is 1. The van der Waals surface area contributed by atoms with Crippen molar-refractivity contribution in [2.45, 2.75) is 0 Å². The molecule has 1 rings (SSSR count). The van der Waals surface area contributed by atoms with Crippen LogP contribution in [0.5, 0.6) is 11.5 Å². The van der Waals surface area contributed by atoms with Crippen molar-refractivity contribution >= 4 is 5.69 Å². The van der Waals surface area contributed by atoms with Crippen molar-refractivity contribution in [3.05, 3.63) is 41.0 Å². The van der Waals surface area contributed by atoms with Crippen molar-refractivity contribution in [3.8, 4) is 11.5 Å². The summed E-state index contributed by atoms with van der Waals surface area (Å²) in [6, 6.07) is 3.59. The van der Waals surface area contributed by atoms with Gasteiger partial charge in [-0.05, 0) is 6.07 Å². The molecule has 0 saturated carbocycles. The SMILES string of the molecule is C=CCOc1cc([N+](=O)[O-])ccc1O. The molecule has 0 aliphatic heterocycles. The number of hydrogen-bond acceptors (Lipinski definition) is 4. The minimum Gasteiger partial charge on any atom is -0.504 e. The minimum atomic E-state index is -0.555. The first-order valence-corrected chi connectivity index (χ1v) is 3.86. The van der Waals surface area contributed by atoms with E-state index in [-0.39, 0.29) is 23.8 Å². The van der Waals surface area contributed by atoms with Crippen molar-refractivity contribution in [2.24, 2.45) is 0 Å². The predicted octanol–water partition coefficient (Wildman–Crippen LogP) is 1.87. The van der Waals surface area contributed by atoms with E-state index in [0.29, 0.717) is 0 Å². The molecule has 0 saturated heterocycles. The highest BCUT2D eigenvalue weighted by Gasteiger charge is 2.10. The molecule has 74 valence electrons. The molecule has 0 aliphatic rings. The number of benzene rings is 1. The summed E-state index contributed by atoms with van der Waals surface area (Å²) in [5, 5.41) is 19.6. The van der Waals surface area contributed by atoms with E-state index in [9.17, 15) is 15.2 Å². The number of rotatable bonds is 4. The molecule has 5 heteroatoms. The molecule has 14 heavy (non-hydrogen) atoms. The molecule has 0 aliphatic carbocycles. The van der Waals surface area contributed by atoms with Crippen LogP contribution in [0.3, 0.4) is 0 Å². The lowest BCUT2D eigenvalue weighted by Gasteiger charge is -2.04. The van der Waals surface area contributed by atoms with Crippen molar-refractivity contribution < 1.29 is 14.8 Å². The first kappa shape index (κ1) is 10.0. The zero-order valence-corrected chi connectivity index (χ0v) is 7.34. The smallest absolute Gasteiger partial charge is 0.273 e. The topological polar surface area (TPSA) is 72.6 Å². The fourth-order valence-corrected chi connectivity index (χ4v) is 0.881. The van der Waals surface area contributed by atoms with E-state index in [4.69, 9.17) is 4.74 Å². The summed E-state index contributed by atoms with van der Waals surface area (Å²) in [5.74, 6) is -0.0449. The molecule has 5 nitrogen and oxygen atoms in total. The molecule has 0 spiro atoms. The molecular formula is C9H9NO4. The summed E-state index contributed by atoms with van der Waals surface area (Å²) in [6.07, 6.45) is 1.48. The lowest BCUT2D eigenvalue weighted by molar-refractivity contribution is -0.385. The summed E-state index contributed by atoms with van der Waals surface area (Å²) in [7, 11) is 0. The quantitative estimate of drug-likeness (QED) is 0.452. The van der Waals surface area contributed by atoms with Gasteiger partial charge in [-0.25, -0.2) is 0 Å². The van der Waals surface area contributed by atoms with Crippen LogP contribution in [0.25, 0.3) is 0 Å². The number of aromatic hydroxyl groups is 1. The van der Waals surface area contributed by atoms with Crippen LogP contribution in [0.15, 0.2) is 30.9 Å². The third kappa shape index (κ3) is 2.22. The molecule has 0 aromatic heterocycles. The van der Waals surface area contributed by atoms with E-state index in [2.05, 4.69) is 6.58 Å². The Hall–Kier alpha value is -2.04. The number of phenols is 1. The summed E-state index contributed by atoms with van der Waals surface area (Å²) < 4.78 is 5.00. The zero-order chi connectivity index (χ0) is 10.6. The van der Waals surface area contributed by atoms with Gasteiger partial charge in [0.1, 0.15) is 6.61 Å². The van der Waals surface area contributed by atoms with Gasteiger partial charge in [0.15, 0.2) is 11.5 Å². The van der Waals surface area contributed by atoms with Gasteiger partial charge < -0.3 is 9.84 Å². The largest absolute Gasteiger partial charge is 0.504 e. The maximum absolute atomic E-state index is 10.4. The Bertz CT molecular complexity index is 362. The third-order valence-electron chi connectivity index (χ3n) is 1.51. The van der Waals surface area contributed by atoms with E-state index in [0.717, 1.165) is 0 Å². The van der Waals surface area contributed by atoms with Gasteiger partial charge in [0, 0.05) is 6.07 Å². The number of hydrogen-bond donors (Lipinski definition) is 1. The van der Waals surface area contributed by atoms with Gasteiger partial charge in [0.2, 0.25) is 0 Å². The maximum Gasteiger partial charge on any atom is 0.273 e. The zero-order valence-electron chi connectivity index (χ0n) is 7.34. The van der Waals surface area contributed by atoms with Crippen molar-refractivity contribution in [2.75, 3.05) is 6.61 Å². The molecule has 0 bridgehead atoms. The standard InChI is InChI=1S/C9H9NO4/c1-2-5-14-9-6-7(10(12)13)3-4-8(9)11/h2-4,6,11H,1,5H2. The van der Waals surface area contributed by atoms with Crippen molar-refractivity contribution in [1.82, 2.24) is 0 Å². The average molecular weight is 195 g/mol. The summed E-state index contributed by atoms with van der Waals surface area (Å²) in [4.78, 5) is 9.83. The first-order valence-electron chi connectivity index (χ1n) is 3.86. The molecule has 1 aromatic rings. The normalized spacial score (nSPS) is 9.43. The summed E-state index contributed by atoms with van der Waals surface area (Å²) in [5.41, 5.74) is -0.123. The maximum atomic E-state index is 10.4. The Morgan fingerprint density at radius 2 is 2.36 bits per heavy atom. The molecule has 0 fully saturated rings. The summed E-state index contributed by atoms with van der Waals surface area (Å²) >= 11 is 0. The van der Waals surface area contributed by atoms with Crippen LogP contribution in [-0.2, 0) is 0 Å². The fraction of sp³-hybridized carbons (Fsp3) is 0.111. The van der Waals surface area contributed by atoms with Crippen LogP contribution in [0.1, 0.15) is 0 Å². The second-order valence-electron chi connectivity index (χ2n) is 2.51. The van der Waals surface area contributed by atoms with Crippen LogP contribution < -0.4 is 4.74 Å². The molecule has 0 amide bonds. The van der Waals surface area contributed by atoms with Crippen LogP contribution >= 0.6 is 0 Å². The van der Waals surface area contributed by atoms with Gasteiger partial charge in [-0.1, -0.05) is 12.7 Å². The molecule has 0 unspecified atom stereocenters. The van der Waals surface area contributed by atoms with Gasteiger partial charge in [0.25, 0.3) is 5.69 Å². The van der Waals surface area contributed by atoms with Crippen molar-refractivity contribution in [3.63, 3.8) is 0 Å². The molecule has 0 atom stereocenters. The Morgan fingerprint density at radius 3 is 2.93 bits per heavy atom. The van der Waals surface area contributed by atoms with Gasteiger partial charge >= 0.3 is 0 Å². The van der Waals surface area contributed by atoms with Gasteiger partial charge in [-0.2, -0.15) is 0 Å². The Kier molecular flexibility index (Phi) is 3.06. The van der Waals surface area contributed by atoms with Crippen molar-refractivity contribution in [1.29, 1.82) is 0 Å². The highest BCUT2D eigenvalue weighted by molar-refractivity contribution is 5.47. The lowest BCUT2D eigenvalue weighted by atomic mass is 10.3. The van der Waals surface area contributed by atoms with Gasteiger partial charge in [0.05, 0.1) is 11.0 Å². The monoisotopic (exact) mass is 195 g/mol. The predicted molar refractivity (Wildman–Crippen MR) is 50.5 cm³/mol. The number of nitrogens with zero attached hydrogens (tertiary/aromatic N) is 1. The molecule has 0 heterocycles. The number of non-ortho nitro benzene ring substituents is 1. The van der Waals surface area contributed by atoms with Crippen LogP contribution in [0, 0.1) is 10.1 Å². The second-order valence-corrected chi connectivity index (χ2v) is 2.51. The minimum absolute atomic E-state index is 0.0825. The Morgan fingerprint density at radius 1 is 1.64 bits per heavy atom. The van der Waals surface area contributed by atoms with E-state index in [1.165, 1.54) is 24.3 Å². The molecular weight excluding hydrogens is 186 g/mol. The van der Waals surface area contributed by atoms with E-state index in [1.54, 1.807) is 0 Å². The number of ether oxygens (including phenoxy) is 1. The van der Waals surface area contributed by atoms with E-state index in [1.807, 2.05) is 0 Å². The fourth-order valence-electron chi connectivity index (χ4n) is 0.881. The van der Waals surface area contributed by atoms with Crippen LogP contribution in [0.2, 0.25) is 0 Å². The third-order valence-corrected chi connectivity index (χ3v) is 1.51. The van der Waals surface area contributed by atoms with E-state index < -0.39 is 4.92 Å². The average Bonchev–Trinajstić information content (AvgIpc) is 2.16. The second kappa shape index (κ2) is 4.27. The number of nitro groups is 1. The van der Waals surface area contributed by atoms with Crippen LogP contribution in [0.4, 0.5) is 5.69 Å². The van der Waals surface area contributed by atoms with Gasteiger partial charge in [-0.15, -0.1) is 0 Å². The highest BCUT2D eigenvalue weighted by Crippen LogP contribution is 2.29. The highest BCUT2D eigenvalue weighted by atomic mass is 16.6. The molecule has 0 radical (unpaired) electrons. The number of nitro benzene ring substituents is 1. The Labute approximate surface area is 80.4 Å². The Balaban J connectivity index is 2.95. The summed E-state index contributed by atoms with van der Waals surface area (Å²) in [6.45, 7) is 3.61. The molecule has 1 N–H and O–H groups in total. The first-order chi connectivity index (χ1) is 6.65. The van der Waals surface area contributed by atoms with E-state index >= 15 is 0 Å². The van der Waals surface area contributed by atoms with Crippen LogP contribution in [-0.4, -0.2) is 16.6 Å². The van der Waals surface area contributed by atoms with Gasteiger partial charge in [-0.3, -0.25) is 10.1 Å².